The second-order valence-corrected chi connectivity index (χ2v) is 10.7. The second-order valence-electron chi connectivity index (χ2n) is 10.7. The summed E-state index contributed by atoms with van der Waals surface area (Å²) in [5, 5.41) is 36.2. The standard InChI is InChI=1S/C33H32N4O5.Fe/c1-6-20-16(2)26-13-31-23(15-38)19(5)25(37-31)11-24-17(3)21(7-9-32(39)40)29(35-24)14-30-22(8-10-33(41)42)18(4)27(36-30)12-28(20)34-26;/h6,11-15,20,38H,1,7-10H2,2-5H3,(H,39,40)(H,41,42);/q-4;+4/b23-15+,24-11-,28-12-,29-14-,31-13-;/t20-;/m1./s1. The van der Waals surface area contributed by atoms with Gasteiger partial charge in [-0.1, -0.05) is 63.8 Å². The monoisotopic (exact) mass is 620 g/mol. The number of aliphatic carboxylic acids is 2. The number of aliphatic hydroxyl groups excluding tert-OH is 1. The van der Waals surface area contributed by atoms with Crippen molar-refractivity contribution in [1.82, 2.24) is 15.0 Å². The van der Waals surface area contributed by atoms with Gasteiger partial charge in [0.1, 0.15) is 0 Å². The summed E-state index contributed by atoms with van der Waals surface area (Å²) in [7, 11) is 0. The molecule has 10 heteroatoms. The smallest absolute Gasteiger partial charge is 0.661 e. The minimum absolute atomic E-state index is 0. The molecule has 0 spiro atoms. The summed E-state index contributed by atoms with van der Waals surface area (Å²) in [4.78, 5) is 37.6. The van der Waals surface area contributed by atoms with E-state index in [1.54, 1.807) is 0 Å². The second kappa shape index (κ2) is 12.5. The molecule has 2 aliphatic rings. The van der Waals surface area contributed by atoms with Crippen LogP contribution < -0.4 is 36.2 Å². The van der Waals surface area contributed by atoms with Crippen LogP contribution in [0.25, 0.3) is 35.9 Å². The van der Waals surface area contributed by atoms with E-state index < -0.39 is 11.9 Å². The Kier molecular flexibility index (Phi) is 9.13. The van der Waals surface area contributed by atoms with Crippen molar-refractivity contribution in [3.63, 3.8) is 0 Å². The van der Waals surface area contributed by atoms with E-state index in [9.17, 15) is 24.9 Å². The first-order chi connectivity index (χ1) is 20.0. The molecule has 0 saturated carbocycles. The first-order valence-electron chi connectivity index (χ1n) is 13.7. The minimum atomic E-state index is -0.916. The van der Waals surface area contributed by atoms with Crippen molar-refractivity contribution < 1.29 is 42.0 Å². The summed E-state index contributed by atoms with van der Waals surface area (Å²) in [6.07, 6.45) is 10.7. The Balaban J connectivity index is 0.00000423. The molecule has 3 N–H and O–H groups in total. The van der Waals surface area contributed by atoms with Crippen molar-refractivity contribution in [3.05, 3.63) is 101 Å². The molecule has 0 saturated heterocycles. The van der Waals surface area contributed by atoms with Crippen LogP contribution in [0.15, 0.2) is 29.6 Å². The first-order valence-corrected chi connectivity index (χ1v) is 13.7. The number of carboxylic acid groups (broad SMARTS) is 2. The number of hydrogen-bond donors (Lipinski definition) is 3. The van der Waals surface area contributed by atoms with Crippen LogP contribution in [0.4, 0.5) is 0 Å². The number of carboxylic acids is 2. The molecule has 3 aromatic heterocycles. The number of hydrogen-bond acceptors (Lipinski definition) is 3. The van der Waals surface area contributed by atoms with Gasteiger partial charge in [-0.15, -0.1) is 51.1 Å². The quantitative estimate of drug-likeness (QED) is 0.268. The number of nitrogens with zero attached hydrogens (tertiary/aromatic N) is 4. The van der Waals surface area contributed by atoms with E-state index in [-0.39, 0.29) is 48.7 Å². The summed E-state index contributed by atoms with van der Waals surface area (Å²) >= 11 is 0. The third kappa shape index (κ3) is 5.94. The van der Waals surface area contributed by atoms with E-state index in [0.29, 0.717) is 44.0 Å². The van der Waals surface area contributed by atoms with E-state index in [1.807, 2.05) is 58.1 Å². The Labute approximate surface area is 259 Å². The molecule has 222 valence electrons. The summed E-state index contributed by atoms with van der Waals surface area (Å²) in [6, 6.07) is 0. The SMILES string of the molecule is C=C[C@@H]1C(C)=C2/C=c3\[n-]c(c(C)\c3=C/O)/C=c3\[n-]/c(c(CCC(=O)O)c3C)=C\c3[n-]c(c(C)c3CCC(=O)O)/C=C/1[N-]2.[Fe+4]. The molecule has 3 aromatic rings. The average molecular weight is 620 g/mol. The van der Waals surface area contributed by atoms with E-state index in [2.05, 4.69) is 6.58 Å². The number of aliphatic hydroxyl groups is 1. The maximum Gasteiger partial charge on any atom is 4.00 e. The maximum absolute atomic E-state index is 11.5. The summed E-state index contributed by atoms with van der Waals surface area (Å²) in [5.41, 5.74) is 8.38. The van der Waals surface area contributed by atoms with Crippen LogP contribution in [-0.2, 0) is 39.5 Å². The van der Waals surface area contributed by atoms with Crippen molar-refractivity contribution >= 4 is 42.5 Å². The van der Waals surface area contributed by atoms with Crippen LogP contribution >= 0.6 is 0 Å². The van der Waals surface area contributed by atoms with Crippen LogP contribution in [0.1, 0.15) is 64.7 Å². The molecule has 2 aliphatic heterocycles. The van der Waals surface area contributed by atoms with Crippen molar-refractivity contribution in [1.29, 1.82) is 0 Å². The summed E-state index contributed by atoms with van der Waals surface area (Å²) < 4.78 is 0. The molecule has 0 radical (unpaired) electrons. The van der Waals surface area contributed by atoms with Gasteiger partial charge in [0.15, 0.2) is 0 Å². The van der Waals surface area contributed by atoms with E-state index in [4.69, 9.17) is 20.3 Å². The molecule has 0 aliphatic carbocycles. The van der Waals surface area contributed by atoms with Crippen molar-refractivity contribution in [2.75, 3.05) is 0 Å². The number of allylic oxidation sites excluding steroid dienone is 2. The molecule has 0 unspecified atom stereocenters. The zero-order valence-corrected chi connectivity index (χ0v) is 25.5. The van der Waals surface area contributed by atoms with Crippen molar-refractivity contribution in [2.24, 2.45) is 5.92 Å². The predicted octanol–water partition coefficient (Wildman–Crippen LogP) is 2.07. The number of carbonyl (C=O) groups is 2. The molecule has 5 heterocycles. The van der Waals surface area contributed by atoms with Crippen LogP contribution in [0.3, 0.4) is 0 Å². The minimum Gasteiger partial charge on any atom is -0.661 e. The molecule has 1 atom stereocenters. The van der Waals surface area contributed by atoms with E-state index in [1.165, 1.54) is 0 Å². The molecule has 0 amide bonds. The first kappa shape index (κ1) is 31.5. The third-order valence-electron chi connectivity index (χ3n) is 8.17. The Morgan fingerprint density at radius 3 is 2.05 bits per heavy atom. The van der Waals surface area contributed by atoms with Gasteiger partial charge in [0.05, 0.1) is 6.26 Å². The molecule has 0 aromatic carbocycles. The van der Waals surface area contributed by atoms with Gasteiger partial charge in [0, 0.05) is 18.8 Å². The number of rotatable bonds is 7. The Bertz CT molecular complexity index is 1950. The molecule has 8 bridgehead atoms. The number of aromatic nitrogens is 3. The summed E-state index contributed by atoms with van der Waals surface area (Å²) in [5.74, 6) is -1.98. The van der Waals surface area contributed by atoms with Gasteiger partial charge >= 0.3 is 29.0 Å². The Morgan fingerprint density at radius 2 is 1.42 bits per heavy atom. The van der Waals surface area contributed by atoms with Gasteiger partial charge in [-0.2, -0.15) is 0 Å². The maximum atomic E-state index is 11.5. The Morgan fingerprint density at radius 1 is 0.791 bits per heavy atom. The fourth-order valence-electron chi connectivity index (χ4n) is 5.66. The van der Waals surface area contributed by atoms with E-state index >= 15 is 0 Å². The number of fused-ring (bicyclic) bond motifs is 8. The van der Waals surface area contributed by atoms with Gasteiger partial charge < -0.3 is 35.6 Å². The third-order valence-corrected chi connectivity index (χ3v) is 8.17. The van der Waals surface area contributed by atoms with Gasteiger partial charge in [0.2, 0.25) is 0 Å². The predicted molar refractivity (Wildman–Crippen MR) is 160 cm³/mol. The van der Waals surface area contributed by atoms with Crippen LogP contribution in [0.2, 0.25) is 0 Å². The zero-order chi connectivity index (χ0) is 30.3. The van der Waals surface area contributed by atoms with Crippen LogP contribution in [0, 0.1) is 26.7 Å². The van der Waals surface area contributed by atoms with Crippen molar-refractivity contribution in [2.45, 2.75) is 53.4 Å². The zero-order valence-electron chi connectivity index (χ0n) is 24.4. The fourth-order valence-corrected chi connectivity index (χ4v) is 5.66. The fraction of sp³-hybridized carbons (Fsp3) is 0.273. The van der Waals surface area contributed by atoms with Crippen LogP contribution in [-0.4, -0.2) is 27.3 Å². The molecule has 5 rings (SSSR count). The van der Waals surface area contributed by atoms with Gasteiger partial charge in [0.25, 0.3) is 0 Å². The molecule has 43 heavy (non-hydrogen) atoms. The molecule has 9 nitrogen and oxygen atoms in total. The Hall–Kier alpha value is -4.40. The van der Waals surface area contributed by atoms with Crippen LogP contribution in [0.5, 0.6) is 0 Å². The van der Waals surface area contributed by atoms with Gasteiger partial charge in [-0.25, -0.2) is 0 Å². The average Bonchev–Trinajstić information content (AvgIpc) is 3.59. The van der Waals surface area contributed by atoms with Gasteiger partial charge in [-0.05, 0) is 45.8 Å². The molecular formula is C33H32FeN4O5. The topological polar surface area (TPSA) is 151 Å². The normalized spacial score (nSPS) is 19.5. The van der Waals surface area contributed by atoms with Crippen molar-refractivity contribution in [3.8, 4) is 0 Å². The largest absolute Gasteiger partial charge is 4.00 e. The summed E-state index contributed by atoms with van der Waals surface area (Å²) in [6.45, 7) is 11.7. The molecular weight excluding hydrogens is 588 g/mol. The molecule has 0 fully saturated rings. The van der Waals surface area contributed by atoms with Gasteiger partial charge in [-0.3, -0.25) is 9.59 Å². The van der Waals surface area contributed by atoms with E-state index in [0.717, 1.165) is 45.3 Å².